The second kappa shape index (κ2) is 14.7. The summed E-state index contributed by atoms with van der Waals surface area (Å²) in [5.41, 5.74) is 6.37. The van der Waals surface area contributed by atoms with Crippen molar-refractivity contribution in [1.29, 1.82) is 0 Å². The number of ether oxygens (including phenoxy) is 1. The molecule has 8 heteroatoms. The van der Waals surface area contributed by atoms with Gasteiger partial charge in [-0.3, -0.25) is 5.32 Å². The molecule has 2 fully saturated rings. The lowest BCUT2D eigenvalue weighted by molar-refractivity contribution is 0.187. The highest BCUT2D eigenvalue weighted by Crippen LogP contribution is 2.34. The third-order valence-electron chi connectivity index (χ3n) is 9.89. The van der Waals surface area contributed by atoms with E-state index in [0.29, 0.717) is 5.69 Å². The number of carbonyl (C=O) groups is 1. The van der Waals surface area contributed by atoms with Gasteiger partial charge in [-0.15, -0.1) is 0 Å². The second-order valence-electron chi connectivity index (χ2n) is 15.9. The molecule has 2 N–H and O–H groups in total. The molecule has 0 spiro atoms. The lowest BCUT2D eigenvalue weighted by Gasteiger charge is -2.26. The smallest absolute Gasteiger partial charge is 0.411 e. The van der Waals surface area contributed by atoms with Gasteiger partial charge in [-0.25, -0.2) is 14.8 Å². The SMILES string of the molecule is CNc1ccc2c(c1)nc(C(C)(C)C)n2CC1CCCCC1.COC(=O)Nc1ccc2c(c1)nc(C(C)(C)C)n2CC1CCCCC1. The number of imidazole rings is 2. The van der Waals surface area contributed by atoms with E-state index >= 15 is 0 Å². The van der Waals surface area contributed by atoms with Gasteiger partial charge in [0.15, 0.2) is 0 Å². The summed E-state index contributed by atoms with van der Waals surface area (Å²) < 4.78 is 9.56. The van der Waals surface area contributed by atoms with E-state index < -0.39 is 6.09 Å². The van der Waals surface area contributed by atoms with Crippen LogP contribution in [0.4, 0.5) is 16.2 Å². The molecule has 2 saturated carbocycles. The quantitative estimate of drug-likeness (QED) is 0.219. The molecule has 0 bridgehead atoms. The minimum Gasteiger partial charge on any atom is -0.453 e. The molecular weight excluding hydrogens is 584 g/mol. The number of fused-ring (bicyclic) bond motifs is 2. The molecule has 1 amide bonds. The zero-order valence-corrected chi connectivity index (χ0v) is 30.2. The monoisotopic (exact) mass is 642 g/mol. The van der Waals surface area contributed by atoms with Gasteiger partial charge in [0.05, 0.1) is 29.2 Å². The third-order valence-corrected chi connectivity index (χ3v) is 9.89. The van der Waals surface area contributed by atoms with Crippen molar-refractivity contribution in [3.63, 3.8) is 0 Å². The first-order chi connectivity index (χ1) is 22.4. The van der Waals surface area contributed by atoms with Crippen LogP contribution in [-0.2, 0) is 28.7 Å². The van der Waals surface area contributed by atoms with Crippen LogP contribution in [0.1, 0.15) is 117 Å². The van der Waals surface area contributed by atoms with Gasteiger partial charge in [0, 0.05) is 42.3 Å². The first-order valence-electron chi connectivity index (χ1n) is 17.9. The van der Waals surface area contributed by atoms with Crippen LogP contribution in [0.15, 0.2) is 36.4 Å². The Kier molecular flexibility index (Phi) is 10.9. The highest BCUT2D eigenvalue weighted by Gasteiger charge is 2.27. The molecule has 47 heavy (non-hydrogen) atoms. The van der Waals surface area contributed by atoms with Crippen molar-refractivity contribution < 1.29 is 9.53 Å². The van der Waals surface area contributed by atoms with Crippen molar-refractivity contribution in [2.24, 2.45) is 11.8 Å². The molecule has 2 heterocycles. The fourth-order valence-electron chi connectivity index (χ4n) is 7.43. The fraction of sp³-hybridized carbons (Fsp3) is 0.615. The molecule has 256 valence electrons. The number of carbonyl (C=O) groups excluding carboxylic acids is 1. The first kappa shape index (κ1) is 34.8. The molecular formula is C39H58N6O2. The van der Waals surface area contributed by atoms with Crippen molar-refractivity contribution in [3.8, 4) is 0 Å². The van der Waals surface area contributed by atoms with Crippen LogP contribution in [0.25, 0.3) is 22.1 Å². The van der Waals surface area contributed by atoms with Gasteiger partial charge in [0.2, 0.25) is 0 Å². The molecule has 0 unspecified atom stereocenters. The van der Waals surface area contributed by atoms with E-state index in [-0.39, 0.29) is 10.8 Å². The summed E-state index contributed by atoms with van der Waals surface area (Å²) in [4.78, 5) is 21.3. The molecule has 6 rings (SSSR count). The number of hydrogen-bond donors (Lipinski definition) is 2. The molecule has 2 aromatic heterocycles. The van der Waals surface area contributed by atoms with Crippen molar-refractivity contribution >= 4 is 39.5 Å². The Morgan fingerprint density at radius 2 is 1.15 bits per heavy atom. The van der Waals surface area contributed by atoms with Gasteiger partial charge < -0.3 is 19.2 Å². The zero-order chi connectivity index (χ0) is 33.8. The minimum absolute atomic E-state index is 0.0242. The number of hydrogen-bond acceptors (Lipinski definition) is 5. The van der Waals surface area contributed by atoms with Crippen LogP contribution < -0.4 is 10.6 Å². The standard InChI is InChI=1S/C20H29N3O2.C19H29N3/c1-20(2,3)18-22-16-12-15(21-19(24)25-4)10-11-17(16)23(18)13-14-8-6-5-7-9-14;1-19(2,3)18-21-16-12-15(20-4)10-11-17(16)22(18)13-14-8-6-5-7-9-14/h10-12,14H,5-9,13H2,1-4H3,(H,21,24);10-12,14,20H,5-9,13H2,1-4H3. The molecule has 0 atom stereocenters. The van der Waals surface area contributed by atoms with E-state index in [4.69, 9.17) is 9.97 Å². The lowest BCUT2D eigenvalue weighted by Crippen LogP contribution is -2.22. The van der Waals surface area contributed by atoms with Crippen LogP contribution >= 0.6 is 0 Å². The van der Waals surface area contributed by atoms with Gasteiger partial charge >= 0.3 is 6.09 Å². The third kappa shape index (κ3) is 8.49. The van der Waals surface area contributed by atoms with Crippen LogP contribution in [0, 0.1) is 11.8 Å². The average molecular weight is 643 g/mol. The molecule has 8 nitrogen and oxygen atoms in total. The Labute approximate surface area is 282 Å². The van der Waals surface area contributed by atoms with E-state index in [1.807, 2.05) is 19.2 Å². The number of amides is 1. The van der Waals surface area contributed by atoms with Crippen LogP contribution in [0.5, 0.6) is 0 Å². The Hall–Kier alpha value is -3.55. The van der Waals surface area contributed by atoms with Crippen molar-refractivity contribution in [1.82, 2.24) is 19.1 Å². The highest BCUT2D eigenvalue weighted by atomic mass is 16.5. The van der Waals surface area contributed by atoms with Gasteiger partial charge in [-0.05, 0) is 73.9 Å². The Morgan fingerprint density at radius 3 is 1.55 bits per heavy atom. The van der Waals surface area contributed by atoms with Crippen molar-refractivity contribution in [3.05, 3.63) is 48.0 Å². The van der Waals surface area contributed by atoms with E-state index in [1.54, 1.807) is 0 Å². The maximum atomic E-state index is 11.5. The summed E-state index contributed by atoms with van der Waals surface area (Å²) in [5, 5.41) is 5.94. The number of anilines is 2. The van der Waals surface area contributed by atoms with Gasteiger partial charge in [0.25, 0.3) is 0 Å². The molecule has 4 aromatic rings. The number of aromatic nitrogens is 4. The number of methoxy groups -OCH3 is 1. The van der Waals surface area contributed by atoms with E-state index in [9.17, 15) is 4.79 Å². The minimum atomic E-state index is -0.461. The summed E-state index contributed by atoms with van der Waals surface area (Å²) >= 11 is 0. The number of rotatable bonds is 6. The maximum Gasteiger partial charge on any atom is 0.411 e. The predicted octanol–water partition coefficient (Wildman–Crippen LogP) is 10.0. The van der Waals surface area contributed by atoms with Crippen LogP contribution in [0.3, 0.4) is 0 Å². The Morgan fingerprint density at radius 1 is 0.723 bits per heavy atom. The Balaban J connectivity index is 0.000000186. The van der Waals surface area contributed by atoms with Gasteiger partial charge in [-0.1, -0.05) is 80.1 Å². The Bertz CT molecular complexity index is 1640. The van der Waals surface area contributed by atoms with Crippen LogP contribution in [-0.4, -0.2) is 39.4 Å². The molecule has 2 aromatic carbocycles. The number of benzene rings is 2. The number of nitrogens with zero attached hydrogens (tertiary/aromatic N) is 4. The highest BCUT2D eigenvalue weighted by molar-refractivity contribution is 5.89. The number of nitrogens with one attached hydrogen (secondary N) is 2. The molecule has 0 radical (unpaired) electrons. The van der Waals surface area contributed by atoms with Gasteiger partial charge in [0.1, 0.15) is 11.6 Å². The second-order valence-corrected chi connectivity index (χ2v) is 15.9. The summed E-state index contributed by atoms with van der Waals surface area (Å²) in [6.07, 6.45) is 13.2. The van der Waals surface area contributed by atoms with E-state index in [0.717, 1.165) is 53.0 Å². The molecule has 2 aliphatic carbocycles. The maximum absolute atomic E-state index is 11.5. The summed E-state index contributed by atoms with van der Waals surface area (Å²) in [6, 6.07) is 12.5. The van der Waals surface area contributed by atoms with Crippen molar-refractivity contribution in [2.75, 3.05) is 24.8 Å². The van der Waals surface area contributed by atoms with E-state index in [2.05, 4.69) is 90.3 Å². The van der Waals surface area contributed by atoms with Gasteiger partial charge in [-0.2, -0.15) is 0 Å². The van der Waals surface area contributed by atoms with Crippen LogP contribution in [0.2, 0.25) is 0 Å². The topological polar surface area (TPSA) is 86.0 Å². The van der Waals surface area contributed by atoms with Crippen molar-refractivity contribution in [2.45, 2.75) is 130 Å². The molecule has 0 saturated heterocycles. The largest absolute Gasteiger partial charge is 0.453 e. The summed E-state index contributed by atoms with van der Waals surface area (Å²) in [5.74, 6) is 3.89. The lowest BCUT2D eigenvalue weighted by atomic mass is 9.88. The zero-order valence-electron chi connectivity index (χ0n) is 30.2. The summed E-state index contributed by atoms with van der Waals surface area (Å²) in [7, 11) is 3.33. The first-order valence-corrected chi connectivity index (χ1v) is 17.9. The molecule has 2 aliphatic rings. The normalized spacial score (nSPS) is 16.6. The fourth-order valence-corrected chi connectivity index (χ4v) is 7.43. The predicted molar refractivity (Wildman–Crippen MR) is 196 cm³/mol. The molecule has 0 aliphatic heterocycles. The van der Waals surface area contributed by atoms with E-state index in [1.165, 1.54) is 82.7 Å². The average Bonchev–Trinajstić information content (AvgIpc) is 3.60. The summed E-state index contributed by atoms with van der Waals surface area (Å²) in [6.45, 7) is 15.6.